The van der Waals surface area contributed by atoms with Gasteiger partial charge in [0.25, 0.3) is 0 Å². The molecule has 0 aliphatic carbocycles. The zero-order chi connectivity index (χ0) is 15.5. The van der Waals surface area contributed by atoms with E-state index in [0.29, 0.717) is 0 Å². The molecule has 4 rings (SSSR count). The molecule has 3 aromatic rings. The number of nitrogens with one attached hydrogen (secondary N) is 2. The zero-order valence-corrected chi connectivity index (χ0v) is 12.7. The summed E-state index contributed by atoms with van der Waals surface area (Å²) in [7, 11) is 0. The molecule has 23 heavy (non-hydrogen) atoms. The molecule has 1 aliphatic rings. The van der Waals surface area contributed by atoms with Crippen LogP contribution in [0.15, 0.2) is 48.9 Å². The molecule has 116 valence electrons. The lowest BCUT2D eigenvalue weighted by Crippen LogP contribution is -2.43. The standard InChI is InChI=1S/C17H18N6/c1-2-16(21-15-12-19-5-3-13(1)15)22-17-11-14(4-6-20-17)23-9-7-18-8-10-23/h1-6,11-12,18H,7-10H2,(H,20,21,22). The summed E-state index contributed by atoms with van der Waals surface area (Å²) in [6, 6.07) is 10.1. The van der Waals surface area contributed by atoms with Crippen molar-refractivity contribution in [2.24, 2.45) is 0 Å². The average Bonchev–Trinajstić information content (AvgIpc) is 2.63. The van der Waals surface area contributed by atoms with Gasteiger partial charge in [0, 0.05) is 55.7 Å². The third-order valence-corrected chi connectivity index (χ3v) is 3.98. The molecule has 0 radical (unpaired) electrons. The SMILES string of the molecule is c1cc2ccc(Nc3cc(N4CCNCC4)ccn3)nc2cn1. The van der Waals surface area contributed by atoms with Crippen LogP contribution in [-0.2, 0) is 0 Å². The maximum atomic E-state index is 4.58. The van der Waals surface area contributed by atoms with Gasteiger partial charge in [-0.05, 0) is 24.3 Å². The minimum Gasteiger partial charge on any atom is -0.369 e. The average molecular weight is 306 g/mol. The maximum Gasteiger partial charge on any atom is 0.133 e. The zero-order valence-electron chi connectivity index (χ0n) is 12.7. The lowest BCUT2D eigenvalue weighted by Gasteiger charge is -2.29. The van der Waals surface area contributed by atoms with Gasteiger partial charge >= 0.3 is 0 Å². The molecule has 0 saturated carbocycles. The van der Waals surface area contributed by atoms with Gasteiger partial charge in [-0.3, -0.25) is 4.98 Å². The Hall–Kier alpha value is -2.73. The van der Waals surface area contributed by atoms with Crippen LogP contribution in [0.25, 0.3) is 10.9 Å². The van der Waals surface area contributed by atoms with Crippen LogP contribution in [0, 0.1) is 0 Å². The van der Waals surface area contributed by atoms with Crippen LogP contribution in [0.1, 0.15) is 0 Å². The van der Waals surface area contributed by atoms with E-state index in [-0.39, 0.29) is 0 Å². The monoisotopic (exact) mass is 306 g/mol. The van der Waals surface area contributed by atoms with E-state index in [1.165, 1.54) is 5.69 Å². The molecule has 2 N–H and O–H groups in total. The van der Waals surface area contributed by atoms with Gasteiger partial charge in [0.2, 0.25) is 0 Å². The van der Waals surface area contributed by atoms with Gasteiger partial charge in [-0.2, -0.15) is 0 Å². The Morgan fingerprint density at radius 1 is 1.00 bits per heavy atom. The van der Waals surface area contributed by atoms with Crippen molar-refractivity contribution in [1.29, 1.82) is 0 Å². The Kier molecular flexibility index (Phi) is 3.73. The van der Waals surface area contributed by atoms with E-state index in [4.69, 9.17) is 0 Å². The van der Waals surface area contributed by atoms with E-state index in [1.54, 1.807) is 12.4 Å². The van der Waals surface area contributed by atoms with Crippen LogP contribution in [0.5, 0.6) is 0 Å². The van der Waals surface area contributed by atoms with Gasteiger partial charge in [-0.25, -0.2) is 9.97 Å². The third kappa shape index (κ3) is 3.07. The van der Waals surface area contributed by atoms with Crippen LogP contribution < -0.4 is 15.5 Å². The van der Waals surface area contributed by atoms with Crippen molar-refractivity contribution >= 4 is 28.2 Å². The van der Waals surface area contributed by atoms with Gasteiger partial charge in [-0.1, -0.05) is 0 Å². The van der Waals surface area contributed by atoms with Gasteiger partial charge in [0.15, 0.2) is 0 Å². The first-order valence-corrected chi connectivity index (χ1v) is 7.78. The number of aromatic nitrogens is 3. The minimum absolute atomic E-state index is 0.774. The number of anilines is 3. The summed E-state index contributed by atoms with van der Waals surface area (Å²) in [5.74, 6) is 1.58. The number of fused-ring (bicyclic) bond motifs is 1. The molecule has 3 aromatic heterocycles. The molecule has 0 spiro atoms. The molecular formula is C17H18N6. The van der Waals surface area contributed by atoms with Crippen molar-refractivity contribution in [2.45, 2.75) is 0 Å². The molecule has 0 amide bonds. The van der Waals surface area contributed by atoms with Crippen molar-refractivity contribution in [1.82, 2.24) is 20.3 Å². The minimum atomic E-state index is 0.774. The summed E-state index contributed by atoms with van der Waals surface area (Å²) in [5, 5.41) is 7.73. The molecule has 0 unspecified atom stereocenters. The van der Waals surface area contributed by atoms with E-state index in [9.17, 15) is 0 Å². The molecular weight excluding hydrogens is 288 g/mol. The van der Waals surface area contributed by atoms with Crippen molar-refractivity contribution in [3.8, 4) is 0 Å². The summed E-state index contributed by atoms with van der Waals surface area (Å²) in [5.41, 5.74) is 2.06. The van der Waals surface area contributed by atoms with E-state index < -0.39 is 0 Å². The smallest absolute Gasteiger partial charge is 0.133 e. The predicted octanol–water partition coefficient (Wildman–Crippen LogP) is 2.18. The van der Waals surface area contributed by atoms with Gasteiger partial charge in [0.05, 0.1) is 11.7 Å². The quantitative estimate of drug-likeness (QED) is 0.773. The Balaban J connectivity index is 1.57. The van der Waals surface area contributed by atoms with Crippen LogP contribution in [0.2, 0.25) is 0 Å². The van der Waals surface area contributed by atoms with Crippen molar-refractivity contribution in [2.75, 3.05) is 36.4 Å². The first-order valence-electron chi connectivity index (χ1n) is 7.78. The fourth-order valence-electron chi connectivity index (χ4n) is 2.78. The van der Waals surface area contributed by atoms with Crippen molar-refractivity contribution < 1.29 is 0 Å². The van der Waals surface area contributed by atoms with Gasteiger partial charge < -0.3 is 15.5 Å². The Morgan fingerprint density at radius 2 is 1.91 bits per heavy atom. The third-order valence-electron chi connectivity index (χ3n) is 3.98. The lowest BCUT2D eigenvalue weighted by molar-refractivity contribution is 0.589. The lowest BCUT2D eigenvalue weighted by atomic mass is 10.2. The second kappa shape index (κ2) is 6.18. The highest BCUT2D eigenvalue weighted by Gasteiger charge is 2.11. The maximum absolute atomic E-state index is 4.58. The Morgan fingerprint density at radius 3 is 2.83 bits per heavy atom. The van der Waals surface area contributed by atoms with E-state index in [1.807, 2.05) is 30.5 Å². The Bertz CT molecular complexity index is 813. The van der Waals surface area contributed by atoms with Crippen molar-refractivity contribution in [3.63, 3.8) is 0 Å². The molecule has 1 fully saturated rings. The van der Waals surface area contributed by atoms with Crippen LogP contribution in [0.3, 0.4) is 0 Å². The molecule has 1 saturated heterocycles. The molecule has 4 heterocycles. The number of rotatable bonds is 3. The molecule has 0 aromatic carbocycles. The predicted molar refractivity (Wildman–Crippen MR) is 92.1 cm³/mol. The normalized spacial score (nSPS) is 14.9. The fourth-order valence-corrected chi connectivity index (χ4v) is 2.78. The summed E-state index contributed by atoms with van der Waals surface area (Å²) in [6.45, 7) is 4.07. The molecule has 6 heteroatoms. The molecule has 6 nitrogen and oxygen atoms in total. The van der Waals surface area contributed by atoms with Crippen LogP contribution >= 0.6 is 0 Å². The topological polar surface area (TPSA) is 66.0 Å². The molecule has 0 atom stereocenters. The highest BCUT2D eigenvalue weighted by Crippen LogP contribution is 2.21. The number of hydrogen-bond donors (Lipinski definition) is 2. The number of piperazine rings is 1. The fraction of sp³-hybridized carbons (Fsp3) is 0.235. The molecule has 1 aliphatic heterocycles. The van der Waals surface area contributed by atoms with E-state index >= 15 is 0 Å². The number of hydrogen-bond acceptors (Lipinski definition) is 6. The van der Waals surface area contributed by atoms with Gasteiger partial charge in [0.1, 0.15) is 11.6 Å². The first-order chi connectivity index (χ1) is 11.4. The highest BCUT2D eigenvalue weighted by atomic mass is 15.2. The second-order valence-electron chi connectivity index (χ2n) is 5.53. The number of nitrogens with zero attached hydrogens (tertiary/aromatic N) is 4. The second-order valence-corrected chi connectivity index (χ2v) is 5.53. The first kappa shape index (κ1) is 13.9. The summed E-state index contributed by atoms with van der Waals surface area (Å²) in [4.78, 5) is 15.5. The summed E-state index contributed by atoms with van der Waals surface area (Å²) >= 11 is 0. The summed E-state index contributed by atoms with van der Waals surface area (Å²) < 4.78 is 0. The summed E-state index contributed by atoms with van der Waals surface area (Å²) in [6.07, 6.45) is 5.38. The van der Waals surface area contributed by atoms with E-state index in [2.05, 4.69) is 36.6 Å². The van der Waals surface area contributed by atoms with Crippen LogP contribution in [0.4, 0.5) is 17.3 Å². The molecule has 0 bridgehead atoms. The highest BCUT2D eigenvalue weighted by molar-refractivity contribution is 5.79. The Labute approximate surface area is 134 Å². The number of pyridine rings is 3. The van der Waals surface area contributed by atoms with Crippen molar-refractivity contribution in [3.05, 3.63) is 48.9 Å². The van der Waals surface area contributed by atoms with Crippen LogP contribution in [-0.4, -0.2) is 41.1 Å². The van der Waals surface area contributed by atoms with E-state index in [0.717, 1.165) is 48.7 Å². The largest absolute Gasteiger partial charge is 0.369 e. The van der Waals surface area contributed by atoms with Gasteiger partial charge in [-0.15, -0.1) is 0 Å².